The predicted octanol–water partition coefficient (Wildman–Crippen LogP) is -2.79. The van der Waals surface area contributed by atoms with Gasteiger partial charge in [0.1, 0.15) is 60.1 Å². The van der Waals surface area contributed by atoms with Crippen LogP contribution in [-0.2, 0) is 65.6 Å². The number of primary amides is 1. The largest absolute Gasteiger partial charge is 0.508 e. The van der Waals surface area contributed by atoms with Crippen LogP contribution in [0.3, 0.4) is 0 Å². The zero-order chi connectivity index (χ0) is 59.3. The first-order valence-corrected chi connectivity index (χ1v) is 26.3. The molecule has 14 N–H and O–H groups in total. The number of H-pyrrole nitrogens is 1. The number of phenolic OH excluding ortho intramolecular Hbond substituents is 1. The number of aliphatic hydroxyl groups excluding tert-OH is 2. The molecular weight excluding hydrogens is 1070 g/mol. The highest BCUT2D eigenvalue weighted by molar-refractivity contribution is 6.22. The number of carboxylic acid groups (broad SMARTS) is 1. The van der Waals surface area contributed by atoms with Gasteiger partial charge in [-0.15, -0.1) is 0 Å². The van der Waals surface area contributed by atoms with Crippen LogP contribution in [0.1, 0.15) is 70.9 Å². The smallest absolute Gasteiger partial charge is 0.328 e. The highest BCUT2D eigenvalue weighted by Crippen LogP contribution is 2.25. The van der Waals surface area contributed by atoms with E-state index in [1.807, 2.05) is 0 Å². The first kappa shape index (κ1) is 63.0. The fourth-order valence-electron chi connectivity index (χ4n) is 9.56. The van der Waals surface area contributed by atoms with Crippen LogP contribution in [-0.4, -0.2) is 203 Å². The summed E-state index contributed by atoms with van der Waals surface area (Å²) in [5, 5.41) is 52.9. The van der Waals surface area contributed by atoms with Crippen LogP contribution in [0.15, 0.2) is 54.7 Å². The number of β-amino-alcohol motifs (C(OH)–C–C–N with tert-alkyl or cyclic N) is 1. The fourth-order valence-corrected chi connectivity index (χ4v) is 9.72. The predicted molar refractivity (Wildman–Crippen MR) is 286 cm³/mol. The molecule has 0 aliphatic carbocycles. The maximum absolute atomic E-state index is 14.5. The number of phenols is 1. The number of aromatic hydroxyl groups is 1. The molecule has 5 rings (SSSR count). The Bertz CT molecular complexity index is 2780. The van der Waals surface area contributed by atoms with Gasteiger partial charge in [-0.3, -0.25) is 47.9 Å². The second-order valence-electron chi connectivity index (χ2n) is 20.4. The van der Waals surface area contributed by atoms with Gasteiger partial charge in [0.05, 0.1) is 19.1 Å². The number of rotatable bonds is 26. The molecule has 0 saturated carbocycles. The number of likely N-dealkylation sites (tertiary alicyclic amines) is 2. The lowest BCUT2D eigenvalue weighted by Crippen LogP contribution is -2.61. The van der Waals surface area contributed by atoms with E-state index in [2.05, 4.69) is 31.6 Å². The highest BCUT2D eigenvalue weighted by Gasteiger charge is 2.45. The van der Waals surface area contributed by atoms with Gasteiger partial charge >= 0.3 is 5.97 Å². The molecular formula is C52H71ClN12O15. The summed E-state index contributed by atoms with van der Waals surface area (Å²) in [7, 11) is 1.27. The third-order valence-corrected chi connectivity index (χ3v) is 14.4. The van der Waals surface area contributed by atoms with Gasteiger partial charge in [-0.05, 0) is 61.4 Å². The minimum atomic E-state index is -1.72. The van der Waals surface area contributed by atoms with Gasteiger partial charge < -0.3 is 78.2 Å². The van der Waals surface area contributed by atoms with Gasteiger partial charge in [-0.2, -0.15) is 0 Å². The van der Waals surface area contributed by atoms with Crippen LogP contribution < -0.4 is 38.1 Å². The molecule has 2 aliphatic rings. The minimum Gasteiger partial charge on any atom is -0.508 e. The number of carbonyl (C=O) groups is 11. The van der Waals surface area contributed by atoms with Gasteiger partial charge in [0, 0.05) is 81.7 Å². The molecule has 0 unspecified atom stereocenters. The third-order valence-electron chi connectivity index (χ3n) is 14.0. The van der Waals surface area contributed by atoms with Crippen molar-refractivity contribution < 1.29 is 73.2 Å². The summed E-state index contributed by atoms with van der Waals surface area (Å²) in [5.41, 5.74) is 13.3. The molecule has 0 spiro atoms. The molecule has 80 heavy (non-hydrogen) atoms. The number of amides is 10. The zero-order valence-corrected chi connectivity index (χ0v) is 45.7. The number of benzene rings is 2. The Kier molecular flexibility index (Phi) is 22.3. The second kappa shape index (κ2) is 28.3. The summed E-state index contributed by atoms with van der Waals surface area (Å²) in [6.07, 6.45) is -0.577. The van der Waals surface area contributed by atoms with Gasteiger partial charge in [-0.25, -0.2) is 9.21 Å². The van der Waals surface area contributed by atoms with Crippen molar-refractivity contribution in [2.24, 2.45) is 17.4 Å². The van der Waals surface area contributed by atoms with Crippen molar-refractivity contribution in [3.8, 4) is 5.75 Å². The summed E-state index contributed by atoms with van der Waals surface area (Å²) in [4.78, 5) is 155. The zero-order valence-electron chi connectivity index (χ0n) is 44.9. The van der Waals surface area contributed by atoms with Crippen LogP contribution >= 0.6 is 11.8 Å². The van der Waals surface area contributed by atoms with Crippen LogP contribution in [0.25, 0.3) is 10.9 Å². The van der Waals surface area contributed by atoms with E-state index < -0.39 is 145 Å². The molecule has 3 aromatic rings. The lowest BCUT2D eigenvalue weighted by atomic mass is 10.0. The number of aliphatic hydroxyl groups is 2. The molecule has 10 atom stereocenters. The Hall–Kier alpha value is -7.88. The summed E-state index contributed by atoms with van der Waals surface area (Å²) >= 11 is 6.26. The molecule has 2 fully saturated rings. The highest BCUT2D eigenvalue weighted by atomic mass is 35.5. The van der Waals surface area contributed by atoms with Crippen molar-refractivity contribution in [2.45, 2.75) is 133 Å². The Morgan fingerprint density at radius 2 is 1.39 bits per heavy atom. The molecule has 0 radical (unpaired) electrons. The van der Waals surface area contributed by atoms with E-state index in [1.165, 1.54) is 38.2 Å². The molecule has 28 heteroatoms. The van der Waals surface area contributed by atoms with Gasteiger partial charge in [0.15, 0.2) is 0 Å². The number of carboxylic acids is 1. The number of hydrogen-bond acceptors (Lipinski definition) is 15. The first-order chi connectivity index (χ1) is 37.8. The molecule has 2 aromatic carbocycles. The Morgan fingerprint density at radius 1 is 0.787 bits per heavy atom. The van der Waals surface area contributed by atoms with E-state index in [1.54, 1.807) is 44.3 Å². The monoisotopic (exact) mass is 1140 g/mol. The first-order valence-electron chi connectivity index (χ1n) is 25.9. The molecule has 10 amide bonds. The lowest BCUT2D eigenvalue weighted by molar-refractivity contribution is -0.146. The molecule has 2 aliphatic heterocycles. The van der Waals surface area contributed by atoms with Gasteiger partial charge in [-0.1, -0.05) is 44.2 Å². The Balaban J connectivity index is 1.27. The van der Waals surface area contributed by atoms with E-state index in [4.69, 9.17) is 23.2 Å². The van der Waals surface area contributed by atoms with Crippen molar-refractivity contribution in [1.82, 2.24) is 50.7 Å². The molecule has 436 valence electrons. The number of halogens is 1. The van der Waals surface area contributed by atoms with Crippen molar-refractivity contribution in [3.05, 3.63) is 65.9 Å². The summed E-state index contributed by atoms with van der Waals surface area (Å²) in [6, 6.07) is -0.121. The van der Waals surface area contributed by atoms with E-state index >= 15 is 0 Å². The average Bonchev–Trinajstić information content (AvgIpc) is 4.19. The Labute approximate surface area is 465 Å². The summed E-state index contributed by atoms with van der Waals surface area (Å²) in [6.45, 7) is 4.09. The normalized spacial score (nSPS) is 18.6. The maximum Gasteiger partial charge on any atom is 0.328 e. The number of nitrogens with zero attached hydrogens (tertiary/aromatic N) is 4. The van der Waals surface area contributed by atoms with E-state index in [-0.39, 0.29) is 63.3 Å². The number of aromatic nitrogens is 1. The van der Waals surface area contributed by atoms with Crippen LogP contribution in [0.5, 0.6) is 5.75 Å². The second-order valence-corrected chi connectivity index (χ2v) is 20.7. The van der Waals surface area contributed by atoms with Crippen molar-refractivity contribution in [3.63, 3.8) is 0 Å². The summed E-state index contributed by atoms with van der Waals surface area (Å²) < 4.78 is 0.676. The summed E-state index contributed by atoms with van der Waals surface area (Å²) in [5.74, 6) is -10.6. The van der Waals surface area contributed by atoms with Gasteiger partial charge in [0.2, 0.25) is 59.1 Å². The maximum atomic E-state index is 14.5. The van der Waals surface area contributed by atoms with Crippen molar-refractivity contribution >= 4 is 87.7 Å². The van der Waals surface area contributed by atoms with Crippen LogP contribution in [0, 0.1) is 5.92 Å². The van der Waals surface area contributed by atoms with Crippen LogP contribution in [0.4, 0.5) is 0 Å². The number of fused-ring (bicyclic) bond motifs is 1. The SMILES string of the molecule is CC(=O)N(Cl)[C@@H](Cc1ccc(O)cc1)C(=O)N(C)[C@@H](C)C(=O)N[C@@H](CC(N)=O)C(=O)N1CCC[C@H]1C(=O)N[C@@H](CN)C(=O)N[C@@H](CC(C)C)C(=O)N1C[C@H](O)C[C@H]1C(=O)N[C@@H](Cc1c[nH]c2ccccc12)C(=O)N[C@@H](CO)C(=O)O. The van der Waals surface area contributed by atoms with Crippen LogP contribution in [0.2, 0.25) is 0 Å². The standard InChI is InChI=1S/C52H71ClN12O15/c1-26(2)17-36(50(77)64-24-32(69)20-41(64)48(75)57-35(45(72)61-39(25-66)52(79)80)19-30-23-56-34-10-7-6-9-33(30)34)59-46(73)38(22-54)60-47(74)40-11-8-16-63(40)49(76)37(21-43(55)70)58-44(71)27(3)62(5)51(78)42(65(53)28(4)67)18-29-12-14-31(68)15-13-29/h6-7,9-10,12-15,23,26-27,32,35-42,56,66,68-69H,8,11,16-22,24-25,54H2,1-5H3,(H2,55,70)(H,57,75)(H,58,71)(H,59,73)(H,60,74)(H,61,72)(H,79,80)/t27-,32+,35-,36-,37-,38-,39-,40-,41-,42-/m0/s1. The van der Waals surface area contributed by atoms with E-state index in [9.17, 15) is 73.2 Å². The van der Waals surface area contributed by atoms with E-state index in [0.29, 0.717) is 26.4 Å². The molecule has 1 aromatic heterocycles. The molecule has 2 saturated heterocycles. The quantitative estimate of drug-likeness (QED) is 0.0362. The number of likely N-dealkylation sites (N-methyl/N-ethyl adjacent to an activating group) is 1. The fraction of sp³-hybridized carbons (Fsp3) is 0.519. The molecule has 0 bridgehead atoms. The van der Waals surface area contributed by atoms with Crippen molar-refractivity contribution in [1.29, 1.82) is 0 Å². The number of nitrogens with one attached hydrogen (secondary N) is 6. The molecule has 3 heterocycles. The van der Waals surface area contributed by atoms with Crippen molar-refractivity contribution in [2.75, 3.05) is 33.3 Å². The van der Waals surface area contributed by atoms with Gasteiger partial charge in [0.25, 0.3) is 0 Å². The lowest BCUT2D eigenvalue weighted by Gasteiger charge is -2.33. The topological polar surface area (TPSA) is 410 Å². The number of aromatic amines is 1. The minimum absolute atomic E-state index is 0.00945. The Morgan fingerprint density at radius 3 is 2.00 bits per heavy atom. The number of carbonyl (C=O) groups excluding carboxylic acids is 10. The number of hydrogen-bond donors (Lipinski definition) is 12. The van der Waals surface area contributed by atoms with E-state index in [0.717, 1.165) is 21.6 Å². The third kappa shape index (κ3) is 16.1. The number of para-hydroxylation sites is 1. The average molecular weight is 1140 g/mol. The number of nitrogens with two attached hydrogens (primary N) is 2. The molecule has 27 nitrogen and oxygen atoms in total. The number of aliphatic carboxylic acids is 1.